The van der Waals surface area contributed by atoms with Crippen LogP contribution in [-0.2, 0) is 11.0 Å². The molecule has 8 aromatic carbocycles. The number of ether oxygens (including phenoxy) is 1. The van der Waals surface area contributed by atoms with Gasteiger partial charge in [-0.3, -0.25) is 4.99 Å². The maximum absolute atomic E-state index is 6.81. The van der Waals surface area contributed by atoms with Crippen molar-refractivity contribution in [1.82, 2.24) is 5.32 Å². The highest BCUT2D eigenvalue weighted by molar-refractivity contribution is 6.10. The van der Waals surface area contributed by atoms with Gasteiger partial charge in [0.05, 0.1) is 11.0 Å². The number of benzene rings is 8. The fourth-order valence-electron chi connectivity index (χ4n) is 9.35. The van der Waals surface area contributed by atoms with E-state index in [9.17, 15) is 0 Å². The fourth-order valence-corrected chi connectivity index (χ4v) is 9.35. The molecule has 1 fully saturated rings. The smallest absolute Gasteiger partial charge is 0.132 e. The lowest BCUT2D eigenvalue weighted by Crippen LogP contribution is -2.32. The molecule has 2 heterocycles. The van der Waals surface area contributed by atoms with Crippen molar-refractivity contribution < 1.29 is 4.74 Å². The van der Waals surface area contributed by atoms with Crippen LogP contribution in [0, 0.1) is 0 Å². The summed E-state index contributed by atoms with van der Waals surface area (Å²) >= 11 is 0. The van der Waals surface area contributed by atoms with E-state index >= 15 is 0 Å². The van der Waals surface area contributed by atoms with Gasteiger partial charge in [0.2, 0.25) is 0 Å². The van der Waals surface area contributed by atoms with Crippen LogP contribution in [0.1, 0.15) is 45.1 Å². The summed E-state index contributed by atoms with van der Waals surface area (Å²) in [6, 6.07) is 71.1. The first-order chi connectivity index (χ1) is 29.1. The molecule has 3 aliphatic rings. The number of hydrogen-bond acceptors (Lipinski definition) is 4. The molecule has 1 spiro atoms. The van der Waals surface area contributed by atoms with E-state index in [-0.39, 0.29) is 5.54 Å². The number of para-hydroxylation sites is 2. The number of nitrogens with zero attached hydrogens (tertiary/aromatic N) is 1. The summed E-state index contributed by atoms with van der Waals surface area (Å²) in [6.45, 7) is 0.883. The van der Waals surface area contributed by atoms with Crippen LogP contribution in [0.25, 0.3) is 39.0 Å². The van der Waals surface area contributed by atoms with Crippen molar-refractivity contribution in [1.29, 1.82) is 0 Å². The van der Waals surface area contributed by atoms with E-state index in [1.807, 2.05) is 12.3 Å². The van der Waals surface area contributed by atoms with Crippen molar-refractivity contribution in [3.63, 3.8) is 0 Å². The standard InChI is InChI=1S/C55H41N3O/c56-53(57-35-43(37-14-3-1-4-15-37)34-54(36-58-54)44-18-5-2-6-19-44)42-17-13-16-40(32-42)38-26-28-39(29-27-38)41-30-31-46-45-20-7-8-21-47(45)55(50(46)33-41)48-22-9-11-24-51(48)59-52-25-12-10-23-49(52)55/h1-35,53,58H,36,56H2/b43-34+,57-35?. The van der Waals surface area contributed by atoms with Gasteiger partial charge in [-0.1, -0.05) is 176 Å². The Balaban J connectivity index is 0.910. The molecular formula is C55H41N3O. The quantitative estimate of drug-likeness (QED) is 0.120. The van der Waals surface area contributed by atoms with Gasteiger partial charge >= 0.3 is 0 Å². The minimum Gasteiger partial charge on any atom is -0.457 e. The Morgan fingerprint density at radius 3 is 1.78 bits per heavy atom. The highest BCUT2D eigenvalue weighted by Crippen LogP contribution is 2.62. The van der Waals surface area contributed by atoms with E-state index in [0.717, 1.165) is 51.4 Å². The zero-order chi connectivity index (χ0) is 39.4. The molecule has 0 amide bonds. The summed E-state index contributed by atoms with van der Waals surface area (Å²) < 4.78 is 6.54. The van der Waals surface area contributed by atoms with Crippen molar-refractivity contribution >= 4 is 11.8 Å². The van der Waals surface area contributed by atoms with Crippen molar-refractivity contribution in [3.05, 3.63) is 245 Å². The maximum atomic E-state index is 6.81. The van der Waals surface area contributed by atoms with Crippen molar-refractivity contribution in [3.8, 4) is 44.9 Å². The van der Waals surface area contributed by atoms with Crippen LogP contribution in [0.3, 0.4) is 0 Å². The topological polar surface area (TPSA) is 69.5 Å². The minimum atomic E-state index is -0.524. The predicted octanol–water partition coefficient (Wildman–Crippen LogP) is 12.1. The SMILES string of the molecule is NC(N=C/C(=C\C1(c2ccccc2)CN1)c1ccccc1)c1cccc(-c2ccc(-c3ccc4c(c3)C3(c5ccccc5Oc5ccccc53)c3ccccc3-4)cc2)c1. The number of allylic oxidation sites excluding steroid dienone is 1. The highest BCUT2D eigenvalue weighted by atomic mass is 16.5. The average molecular weight is 760 g/mol. The Labute approximate surface area is 345 Å². The Bertz CT molecular complexity index is 2880. The maximum Gasteiger partial charge on any atom is 0.132 e. The molecule has 1 saturated heterocycles. The predicted molar refractivity (Wildman–Crippen MR) is 241 cm³/mol. The van der Waals surface area contributed by atoms with E-state index in [1.54, 1.807) is 0 Å². The summed E-state index contributed by atoms with van der Waals surface area (Å²) in [5.41, 5.74) is 22.4. The molecule has 0 bridgehead atoms. The number of hydrogen-bond donors (Lipinski definition) is 2. The first-order valence-corrected chi connectivity index (χ1v) is 20.3. The molecule has 2 atom stereocenters. The van der Waals surface area contributed by atoms with E-state index < -0.39 is 11.6 Å². The molecule has 2 aliphatic heterocycles. The summed E-state index contributed by atoms with van der Waals surface area (Å²) in [5, 5.41) is 3.59. The van der Waals surface area contributed by atoms with E-state index in [1.165, 1.54) is 44.5 Å². The van der Waals surface area contributed by atoms with Gasteiger partial charge in [0.1, 0.15) is 17.7 Å². The normalized spacial score (nSPS) is 17.4. The zero-order valence-electron chi connectivity index (χ0n) is 32.4. The van der Waals surface area contributed by atoms with Gasteiger partial charge in [-0.25, -0.2) is 0 Å². The number of rotatable bonds is 8. The van der Waals surface area contributed by atoms with Gasteiger partial charge in [0, 0.05) is 23.9 Å². The molecule has 4 heteroatoms. The second-order valence-corrected chi connectivity index (χ2v) is 15.7. The van der Waals surface area contributed by atoms with Crippen LogP contribution in [0.4, 0.5) is 0 Å². The van der Waals surface area contributed by atoms with Crippen LogP contribution >= 0.6 is 0 Å². The van der Waals surface area contributed by atoms with Crippen LogP contribution < -0.4 is 15.8 Å². The third-order valence-corrected chi connectivity index (χ3v) is 12.4. The lowest BCUT2D eigenvalue weighted by atomic mass is 9.66. The Morgan fingerprint density at radius 1 is 0.542 bits per heavy atom. The van der Waals surface area contributed by atoms with Gasteiger partial charge in [-0.05, 0) is 97.1 Å². The molecule has 0 saturated carbocycles. The van der Waals surface area contributed by atoms with E-state index in [0.29, 0.717) is 0 Å². The molecule has 0 aromatic heterocycles. The van der Waals surface area contributed by atoms with Gasteiger partial charge in [-0.15, -0.1) is 0 Å². The summed E-state index contributed by atoms with van der Waals surface area (Å²) in [7, 11) is 0. The number of aliphatic imine (C=N–C) groups is 1. The van der Waals surface area contributed by atoms with Gasteiger partial charge in [0.15, 0.2) is 0 Å². The lowest BCUT2D eigenvalue weighted by Gasteiger charge is -2.39. The molecule has 11 rings (SSSR count). The number of fused-ring (bicyclic) bond motifs is 9. The highest BCUT2D eigenvalue weighted by Gasteiger charge is 2.51. The van der Waals surface area contributed by atoms with Crippen LogP contribution in [-0.4, -0.2) is 12.8 Å². The summed E-state index contributed by atoms with van der Waals surface area (Å²) in [6.07, 6.45) is 3.69. The third kappa shape index (κ3) is 5.88. The van der Waals surface area contributed by atoms with Crippen molar-refractivity contribution in [2.45, 2.75) is 17.1 Å². The second-order valence-electron chi connectivity index (χ2n) is 15.7. The molecule has 3 N–H and O–H groups in total. The lowest BCUT2D eigenvalue weighted by molar-refractivity contribution is 0.436. The van der Waals surface area contributed by atoms with Crippen molar-refractivity contribution in [2.24, 2.45) is 10.7 Å². The average Bonchev–Trinajstić information content (AvgIpc) is 4.05. The van der Waals surface area contributed by atoms with Crippen LogP contribution in [0.2, 0.25) is 0 Å². The Kier molecular flexibility index (Phi) is 8.37. The first-order valence-electron chi connectivity index (χ1n) is 20.3. The van der Waals surface area contributed by atoms with Gasteiger partial charge < -0.3 is 15.8 Å². The largest absolute Gasteiger partial charge is 0.457 e. The van der Waals surface area contributed by atoms with E-state index in [2.05, 4.69) is 206 Å². The molecule has 59 heavy (non-hydrogen) atoms. The summed E-state index contributed by atoms with van der Waals surface area (Å²) in [5.74, 6) is 1.80. The zero-order valence-corrected chi connectivity index (χ0v) is 32.4. The molecule has 1 aliphatic carbocycles. The van der Waals surface area contributed by atoms with E-state index in [4.69, 9.17) is 15.5 Å². The van der Waals surface area contributed by atoms with Gasteiger partial charge in [-0.2, -0.15) is 0 Å². The molecule has 0 radical (unpaired) electrons. The molecule has 2 unspecified atom stereocenters. The molecular weight excluding hydrogens is 719 g/mol. The minimum absolute atomic E-state index is 0.206. The van der Waals surface area contributed by atoms with Gasteiger partial charge in [0.25, 0.3) is 0 Å². The Morgan fingerprint density at radius 2 is 1.10 bits per heavy atom. The summed E-state index contributed by atoms with van der Waals surface area (Å²) in [4.78, 5) is 4.92. The van der Waals surface area contributed by atoms with Crippen LogP contribution in [0.5, 0.6) is 11.5 Å². The van der Waals surface area contributed by atoms with Crippen molar-refractivity contribution in [2.75, 3.05) is 6.54 Å². The number of nitrogens with one attached hydrogen (secondary N) is 1. The van der Waals surface area contributed by atoms with Crippen LogP contribution in [0.15, 0.2) is 211 Å². The monoisotopic (exact) mass is 759 g/mol. The third-order valence-electron chi connectivity index (χ3n) is 12.4. The second kappa shape index (κ2) is 14.1. The fraction of sp³-hybridized carbons (Fsp3) is 0.0727. The molecule has 8 aromatic rings. The number of nitrogens with two attached hydrogens (primary N) is 1. The molecule has 282 valence electrons. The molecule has 4 nitrogen and oxygen atoms in total. The first kappa shape index (κ1) is 35.1. The Hall–Kier alpha value is -7.11.